The number of aliphatic hydroxyl groups is 1. The third-order valence-electron chi connectivity index (χ3n) is 2.03. The number of hydrogen-bond donors (Lipinski definition) is 2. The van der Waals surface area contributed by atoms with E-state index >= 15 is 0 Å². The van der Waals surface area contributed by atoms with E-state index in [-0.39, 0.29) is 12.4 Å². The lowest BCUT2D eigenvalue weighted by atomic mass is 10.0. The first-order valence-electron chi connectivity index (χ1n) is 4.32. The summed E-state index contributed by atoms with van der Waals surface area (Å²) in [6, 6.07) is 3.57. The summed E-state index contributed by atoms with van der Waals surface area (Å²) in [5, 5.41) is 9.24. The van der Waals surface area contributed by atoms with Gasteiger partial charge in [-0.2, -0.15) is 0 Å². The lowest BCUT2D eigenvalue weighted by molar-refractivity contribution is 0.164. The molecule has 0 heterocycles. The molecule has 0 aliphatic carbocycles. The number of hydrogen-bond acceptors (Lipinski definition) is 3. The first kappa shape index (κ1) is 14.2. The maximum absolute atomic E-state index is 13.0. The highest BCUT2D eigenvalue weighted by molar-refractivity contribution is 5.85. The van der Waals surface area contributed by atoms with E-state index in [4.69, 9.17) is 10.5 Å². The van der Waals surface area contributed by atoms with Crippen LogP contribution in [0.4, 0.5) is 4.39 Å². The Morgan fingerprint density at radius 1 is 1.40 bits per heavy atom. The van der Waals surface area contributed by atoms with E-state index < -0.39 is 18.0 Å². The third-order valence-corrected chi connectivity index (χ3v) is 2.03. The summed E-state index contributed by atoms with van der Waals surface area (Å²) >= 11 is 0. The zero-order valence-electron chi connectivity index (χ0n) is 8.61. The molecule has 0 radical (unpaired) electrons. The number of aliphatic hydroxyl groups excluding tert-OH is 1. The molecule has 3 nitrogen and oxygen atoms in total. The summed E-state index contributed by atoms with van der Waals surface area (Å²) in [6.07, 6.45) is -0.721. The van der Waals surface area contributed by atoms with Gasteiger partial charge in [0.15, 0.2) is 0 Å². The smallest absolute Gasteiger partial charge is 0.127 e. The van der Waals surface area contributed by atoms with Gasteiger partial charge >= 0.3 is 0 Å². The van der Waals surface area contributed by atoms with Crippen LogP contribution in [0.1, 0.15) is 18.5 Å². The van der Waals surface area contributed by atoms with Crippen LogP contribution in [0.2, 0.25) is 0 Å². The van der Waals surface area contributed by atoms with E-state index in [2.05, 4.69) is 0 Å². The van der Waals surface area contributed by atoms with Gasteiger partial charge in [-0.1, -0.05) is 0 Å². The molecule has 0 spiro atoms. The molecular weight excluding hydrogens is 221 g/mol. The highest BCUT2D eigenvalue weighted by Gasteiger charge is 2.13. The van der Waals surface area contributed by atoms with Gasteiger partial charge in [-0.15, -0.1) is 12.4 Å². The van der Waals surface area contributed by atoms with Crippen molar-refractivity contribution in [2.75, 3.05) is 7.11 Å². The zero-order valence-corrected chi connectivity index (χ0v) is 9.42. The maximum atomic E-state index is 13.0. The zero-order chi connectivity index (χ0) is 10.7. The Morgan fingerprint density at radius 2 is 2.00 bits per heavy atom. The fourth-order valence-electron chi connectivity index (χ4n) is 1.17. The van der Waals surface area contributed by atoms with E-state index in [0.29, 0.717) is 11.3 Å². The molecule has 0 aliphatic rings. The Balaban J connectivity index is 0.00000196. The number of benzene rings is 1. The van der Waals surface area contributed by atoms with Crippen LogP contribution >= 0.6 is 12.4 Å². The molecule has 0 fully saturated rings. The van der Waals surface area contributed by atoms with Crippen LogP contribution in [-0.2, 0) is 0 Å². The Labute approximate surface area is 94.5 Å². The highest BCUT2D eigenvalue weighted by atomic mass is 35.5. The van der Waals surface area contributed by atoms with Gasteiger partial charge in [-0.25, -0.2) is 4.39 Å². The minimum Gasteiger partial charge on any atom is -0.497 e. The highest BCUT2D eigenvalue weighted by Crippen LogP contribution is 2.21. The molecule has 0 aliphatic heterocycles. The molecule has 1 aromatic rings. The van der Waals surface area contributed by atoms with Crippen molar-refractivity contribution in [2.45, 2.75) is 19.1 Å². The SMILES string of the molecule is COc1cc(F)cc([C@@H](N)[C@@H](C)O)c1.Cl. The van der Waals surface area contributed by atoms with Crippen LogP contribution < -0.4 is 10.5 Å². The summed E-state index contributed by atoms with van der Waals surface area (Å²) in [5.41, 5.74) is 6.18. The molecular formula is C10H15ClFNO2. The van der Waals surface area contributed by atoms with Crippen LogP contribution in [0.25, 0.3) is 0 Å². The predicted molar refractivity (Wildman–Crippen MR) is 58.8 cm³/mol. The molecule has 0 unspecified atom stereocenters. The molecule has 3 N–H and O–H groups in total. The second-order valence-electron chi connectivity index (χ2n) is 3.19. The van der Waals surface area contributed by atoms with Gasteiger partial charge in [-0.3, -0.25) is 0 Å². The van der Waals surface area contributed by atoms with Crippen LogP contribution in [0.5, 0.6) is 5.75 Å². The standard InChI is InChI=1S/C10H14FNO2.ClH/c1-6(13)10(12)7-3-8(11)5-9(4-7)14-2;/h3-6,10,13H,12H2,1-2H3;1H/t6-,10+;/m1./s1. The number of halogens is 2. The molecule has 0 saturated heterocycles. The average Bonchev–Trinajstić information content (AvgIpc) is 2.15. The van der Waals surface area contributed by atoms with Crippen molar-refractivity contribution in [3.8, 4) is 5.75 Å². The topological polar surface area (TPSA) is 55.5 Å². The van der Waals surface area contributed by atoms with E-state index in [0.717, 1.165) is 0 Å². The van der Waals surface area contributed by atoms with Crippen LogP contribution in [-0.4, -0.2) is 18.3 Å². The molecule has 1 rings (SSSR count). The van der Waals surface area contributed by atoms with E-state index in [9.17, 15) is 9.50 Å². The van der Waals surface area contributed by atoms with Crippen molar-refractivity contribution in [2.24, 2.45) is 5.73 Å². The molecule has 0 amide bonds. The molecule has 5 heteroatoms. The molecule has 0 saturated carbocycles. The Morgan fingerprint density at radius 3 is 2.47 bits per heavy atom. The number of methoxy groups -OCH3 is 1. The van der Waals surface area contributed by atoms with Crippen LogP contribution in [0.15, 0.2) is 18.2 Å². The first-order chi connectivity index (χ1) is 6.54. The van der Waals surface area contributed by atoms with Gasteiger partial charge in [0.2, 0.25) is 0 Å². The first-order valence-corrected chi connectivity index (χ1v) is 4.32. The van der Waals surface area contributed by atoms with Crippen molar-refractivity contribution in [3.63, 3.8) is 0 Å². The lowest BCUT2D eigenvalue weighted by Gasteiger charge is -2.15. The maximum Gasteiger partial charge on any atom is 0.127 e. The minimum absolute atomic E-state index is 0. The third kappa shape index (κ3) is 3.66. The van der Waals surface area contributed by atoms with Gasteiger partial charge < -0.3 is 15.6 Å². The van der Waals surface area contributed by atoms with Gasteiger partial charge in [0, 0.05) is 6.07 Å². The van der Waals surface area contributed by atoms with Gasteiger partial charge in [0.25, 0.3) is 0 Å². The van der Waals surface area contributed by atoms with Gasteiger partial charge in [0.05, 0.1) is 19.3 Å². The van der Waals surface area contributed by atoms with E-state index in [1.807, 2.05) is 0 Å². The molecule has 86 valence electrons. The van der Waals surface area contributed by atoms with Gasteiger partial charge in [0.1, 0.15) is 11.6 Å². The predicted octanol–water partition coefficient (Wildman–Crippen LogP) is 1.64. The second kappa shape index (κ2) is 5.90. The fraction of sp³-hybridized carbons (Fsp3) is 0.400. The van der Waals surface area contributed by atoms with Crippen molar-refractivity contribution >= 4 is 12.4 Å². The molecule has 2 atom stereocenters. The van der Waals surface area contributed by atoms with Crippen molar-refractivity contribution < 1.29 is 14.2 Å². The average molecular weight is 236 g/mol. The summed E-state index contributed by atoms with van der Waals surface area (Å²) in [6.45, 7) is 1.56. The Bertz CT molecular complexity index is 320. The van der Waals surface area contributed by atoms with E-state index in [1.165, 1.54) is 19.2 Å². The van der Waals surface area contributed by atoms with E-state index in [1.54, 1.807) is 13.0 Å². The normalized spacial score (nSPS) is 13.9. The summed E-state index contributed by atoms with van der Waals surface area (Å²) in [5.74, 6) is -0.0217. The van der Waals surface area contributed by atoms with Crippen molar-refractivity contribution in [3.05, 3.63) is 29.6 Å². The quantitative estimate of drug-likeness (QED) is 0.838. The molecule has 0 bridgehead atoms. The number of ether oxygens (including phenoxy) is 1. The molecule has 15 heavy (non-hydrogen) atoms. The monoisotopic (exact) mass is 235 g/mol. The van der Waals surface area contributed by atoms with Crippen LogP contribution in [0, 0.1) is 5.82 Å². The Kier molecular flexibility index (Phi) is 5.57. The Hall–Kier alpha value is -0.840. The summed E-state index contributed by atoms with van der Waals surface area (Å²) < 4.78 is 17.9. The van der Waals surface area contributed by atoms with Crippen LogP contribution in [0.3, 0.4) is 0 Å². The van der Waals surface area contributed by atoms with Gasteiger partial charge in [-0.05, 0) is 24.6 Å². The minimum atomic E-state index is -0.721. The largest absolute Gasteiger partial charge is 0.497 e. The van der Waals surface area contributed by atoms with Crippen molar-refractivity contribution in [1.82, 2.24) is 0 Å². The summed E-state index contributed by atoms with van der Waals surface area (Å²) in [7, 11) is 1.45. The lowest BCUT2D eigenvalue weighted by Crippen LogP contribution is -2.23. The molecule has 1 aromatic carbocycles. The fourth-order valence-corrected chi connectivity index (χ4v) is 1.17. The number of nitrogens with two attached hydrogens (primary N) is 1. The van der Waals surface area contributed by atoms with Crippen molar-refractivity contribution in [1.29, 1.82) is 0 Å². The second-order valence-corrected chi connectivity index (χ2v) is 3.19. The molecule has 0 aromatic heterocycles. The summed E-state index contributed by atoms with van der Waals surface area (Å²) in [4.78, 5) is 0. The number of rotatable bonds is 3.